The summed E-state index contributed by atoms with van der Waals surface area (Å²) in [5.41, 5.74) is 0.823. The molecule has 1 aliphatic heterocycles. The Hall–Kier alpha value is -1.05. The molecule has 0 aliphatic carbocycles. The van der Waals surface area contributed by atoms with Gasteiger partial charge in [0.25, 0.3) is 5.91 Å². The molecule has 0 unspecified atom stereocenters. The molecule has 0 aromatic carbocycles. The molecule has 0 bridgehead atoms. The van der Waals surface area contributed by atoms with Crippen molar-refractivity contribution in [3.05, 3.63) is 24.4 Å². The second kappa shape index (κ2) is 6.46. The summed E-state index contributed by atoms with van der Waals surface area (Å²) < 4.78 is 0. The van der Waals surface area contributed by atoms with E-state index in [4.69, 9.17) is 0 Å². The summed E-state index contributed by atoms with van der Waals surface area (Å²) in [4.78, 5) is 12.8. The van der Waals surface area contributed by atoms with Crippen molar-refractivity contribution in [3.8, 4) is 0 Å². The number of carbonyl (C=O) groups excluding carboxylic acids is 1. The van der Waals surface area contributed by atoms with E-state index in [0.717, 1.165) is 25.1 Å². The fourth-order valence-corrected chi connectivity index (χ4v) is 1.06. The van der Waals surface area contributed by atoms with Crippen molar-refractivity contribution in [1.29, 1.82) is 0 Å². The molecule has 1 rings (SSSR count). The van der Waals surface area contributed by atoms with Crippen molar-refractivity contribution in [2.45, 2.75) is 33.6 Å². The number of nitrogens with zero attached hydrogens (tertiary/aromatic N) is 1. The molecule has 1 amide bonds. The van der Waals surface area contributed by atoms with E-state index in [1.54, 1.807) is 17.1 Å². The molecule has 0 aromatic rings. The van der Waals surface area contributed by atoms with Crippen molar-refractivity contribution >= 4 is 5.91 Å². The highest BCUT2D eigenvalue weighted by atomic mass is 16.2. The Morgan fingerprint density at radius 2 is 2.00 bits per heavy atom. The van der Waals surface area contributed by atoms with Crippen molar-refractivity contribution in [1.82, 2.24) is 4.90 Å². The predicted octanol–water partition coefficient (Wildman–Crippen LogP) is 2.72. The summed E-state index contributed by atoms with van der Waals surface area (Å²) in [6.07, 6.45) is 5.49. The fraction of sp³-hybridized carbons (Fsp3) is 0.545. The van der Waals surface area contributed by atoms with Crippen LogP contribution in [0.4, 0.5) is 0 Å². The molecular weight excluding hydrogens is 162 g/mol. The topological polar surface area (TPSA) is 20.3 Å². The third-order valence-electron chi connectivity index (χ3n) is 1.77. The first-order valence-corrected chi connectivity index (χ1v) is 4.94. The minimum atomic E-state index is 0.0726. The molecular formula is C11H19NO. The maximum absolute atomic E-state index is 11.1. The maximum atomic E-state index is 11.1. The zero-order valence-electron chi connectivity index (χ0n) is 8.84. The van der Waals surface area contributed by atoms with Crippen LogP contribution in [0.15, 0.2) is 24.4 Å². The molecule has 0 radical (unpaired) electrons. The number of hydrogen-bond donors (Lipinski definition) is 0. The second-order valence-electron chi connectivity index (χ2n) is 2.67. The fourth-order valence-electron chi connectivity index (χ4n) is 1.06. The highest BCUT2D eigenvalue weighted by molar-refractivity contribution is 5.92. The van der Waals surface area contributed by atoms with Gasteiger partial charge in [-0.3, -0.25) is 4.79 Å². The number of hydrogen-bond acceptors (Lipinski definition) is 1. The average molecular weight is 181 g/mol. The third-order valence-corrected chi connectivity index (χ3v) is 1.77. The Kier molecular flexibility index (Phi) is 5.94. The maximum Gasteiger partial charge on any atom is 0.251 e. The van der Waals surface area contributed by atoms with Gasteiger partial charge in [0.05, 0.1) is 0 Å². The standard InChI is InChI=1S/C9H13NO.C2H6/c1-3-4-7-10-8(2)5-6-9(10)11;1-2/h5-6H,2-4,7H2,1H3;1-2H3. The quantitative estimate of drug-likeness (QED) is 0.655. The van der Waals surface area contributed by atoms with Crippen molar-refractivity contribution in [2.75, 3.05) is 6.54 Å². The van der Waals surface area contributed by atoms with E-state index in [1.807, 2.05) is 13.8 Å². The highest BCUT2D eigenvalue weighted by Crippen LogP contribution is 2.13. The Bertz CT molecular complexity index is 188. The minimum Gasteiger partial charge on any atom is -0.309 e. The molecule has 0 N–H and O–H groups in total. The summed E-state index contributed by atoms with van der Waals surface area (Å²) >= 11 is 0. The Morgan fingerprint density at radius 1 is 1.38 bits per heavy atom. The zero-order chi connectivity index (χ0) is 10.3. The largest absolute Gasteiger partial charge is 0.309 e. The van der Waals surface area contributed by atoms with Crippen LogP contribution in [-0.2, 0) is 4.79 Å². The predicted molar refractivity (Wildman–Crippen MR) is 56.2 cm³/mol. The summed E-state index contributed by atoms with van der Waals surface area (Å²) in [6, 6.07) is 0. The third kappa shape index (κ3) is 3.45. The van der Waals surface area contributed by atoms with E-state index in [2.05, 4.69) is 13.5 Å². The van der Waals surface area contributed by atoms with E-state index in [1.165, 1.54) is 0 Å². The van der Waals surface area contributed by atoms with Gasteiger partial charge in [0.2, 0.25) is 0 Å². The molecule has 13 heavy (non-hydrogen) atoms. The van der Waals surface area contributed by atoms with Gasteiger partial charge in [-0.15, -0.1) is 0 Å². The van der Waals surface area contributed by atoms with Gasteiger partial charge in [0, 0.05) is 18.3 Å². The van der Waals surface area contributed by atoms with Gasteiger partial charge in [-0.2, -0.15) is 0 Å². The average Bonchev–Trinajstić information content (AvgIpc) is 2.47. The molecule has 0 saturated heterocycles. The van der Waals surface area contributed by atoms with E-state index in [-0.39, 0.29) is 5.91 Å². The molecule has 2 nitrogen and oxygen atoms in total. The lowest BCUT2D eigenvalue weighted by Crippen LogP contribution is -2.24. The first kappa shape index (κ1) is 11.9. The first-order valence-electron chi connectivity index (χ1n) is 4.94. The van der Waals surface area contributed by atoms with Crippen molar-refractivity contribution in [3.63, 3.8) is 0 Å². The van der Waals surface area contributed by atoms with Gasteiger partial charge in [0.15, 0.2) is 0 Å². The highest BCUT2D eigenvalue weighted by Gasteiger charge is 2.16. The van der Waals surface area contributed by atoms with Crippen LogP contribution in [0.1, 0.15) is 33.6 Å². The zero-order valence-corrected chi connectivity index (χ0v) is 8.84. The Balaban J connectivity index is 0.000000671. The molecule has 0 aromatic heterocycles. The Labute approximate surface area is 80.9 Å². The van der Waals surface area contributed by atoms with Crippen LogP contribution in [0.3, 0.4) is 0 Å². The van der Waals surface area contributed by atoms with E-state index >= 15 is 0 Å². The van der Waals surface area contributed by atoms with Gasteiger partial charge in [-0.05, 0) is 12.5 Å². The van der Waals surface area contributed by atoms with Crippen LogP contribution in [0.2, 0.25) is 0 Å². The normalized spacial score (nSPS) is 14.5. The SMILES string of the molecule is C=C1C=CC(=O)N1CCCC.CC. The number of rotatable bonds is 3. The lowest BCUT2D eigenvalue weighted by molar-refractivity contribution is -0.123. The van der Waals surface area contributed by atoms with Crippen molar-refractivity contribution < 1.29 is 4.79 Å². The smallest absolute Gasteiger partial charge is 0.251 e. The molecule has 1 aliphatic rings. The van der Waals surface area contributed by atoms with E-state index < -0.39 is 0 Å². The van der Waals surface area contributed by atoms with Crippen LogP contribution in [0.5, 0.6) is 0 Å². The summed E-state index contributed by atoms with van der Waals surface area (Å²) in [7, 11) is 0. The summed E-state index contributed by atoms with van der Waals surface area (Å²) in [5.74, 6) is 0.0726. The molecule has 0 atom stereocenters. The van der Waals surface area contributed by atoms with Gasteiger partial charge in [0.1, 0.15) is 0 Å². The van der Waals surface area contributed by atoms with E-state index in [0.29, 0.717) is 0 Å². The van der Waals surface area contributed by atoms with Crippen LogP contribution < -0.4 is 0 Å². The molecule has 74 valence electrons. The lowest BCUT2D eigenvalue weighted by atomic mass is 10.3. The molecule has 0 saturated carbocycles. The number of carbonyl (C=O) groups is 1. The van der Waals surface area contributed by atoms with Crippen LogP contribution in [0.25, 0.3) is 0 Å². The number of allylic oxidation sites excluding steroid dienone is 1. The molecule has 0 spiro atoms. The first-order chi connectivity index (χ1) is 6.25. The number of unbranched alkanes of at least 4 members (excludes halogenated alkanes) is 1. The summed E-state index contributed by atoms with van der Waals surface area (Å²) in [5, 5.41) is 0. The van der Waals surface area contributed by atoms with Crippen LogP contribution >= 0.6 is 0 Å². The van der Waals surface area contributed by atoms with Crippen LogP contribution in [0, 0.1) is 0 Å². The Morgan fingerprint density at radius 3 is 2.38 bits per heavy atom. The minimum absolute atomic E-state index is 0.0726. The summed E-state index contributed by atoms with van der Waals surface area (Å²) in [6.45, 7) is 10.7. The van der Waals surface area contributed by atoms with E-state index in [9.17, 15) is 4.79 Å². The van der Waals surface area contributed by atoms with Crippen LogP contribution in [-0.4, -0.2) is 17.4 Å². The number of amides is 1. The van der Waals surface area contributed by atoms with Gasteiger partial charge in [-0.1, -0.05) is 33.8 Å². The van der Waals surface area contributed by atoms with Crippen molar-refractivity contribution in [2.24, 2.45) is 0 Å². The molecule has 1 heterocycles. The van der Waals surface area contributed by atoms with Gasteiger partial charge in [-0.25, -0.2) is 0 Å². The van der Waals surface area contributed by atoms with Gasteiger partial charge >= 0.3 is 0 Å². The van der Waals surface area contributed by atoms with Gasteiger partial charge < -0.3 is 4.90 Å². The molecule has 2 heteroatoms. The monoisotopic (exact) mass is 181 g/mol. The second-order valence-corrected chi connectivity index (χ2v) is 2.67. The molecule has 0 fully saturated rings. The lowest BCUT2D eigenvalue weighted by Gasteiger charge is -2.15.